The molecule has 1 aliphatic carbocycles. The van der Waals surface area contributed by atoms with Crippen LogP contribution in [0.3, 0.4) is 0 Å². The van der Waals surface area contributed by atoms with Crippen LogP contribution < -0.4 is 5.30 Å². The van der Waals surface area contributed by atoms with Gasteiger partial charge in [0.25, 0.3) is 0 Å². The molecule has 0 aliphatic heterocycles. The third-order valence-corrected chi connectivity index (χ3v) is 7.72. The molecule has 1 unspecified atom stereocenters. The van der Waals surface area contributed by atoms with E-state index in [0.717, 1.165) is 42.0 Å². The summed E-state index contributed by atoms with van der Waals surface area (Å²) >= 11 is 0. The highest BCUT2D eigenvalue weighted by atomic mass is 31.0. The second-order valence-electron chi connectivity index (χ2n) is 8.71. The van der Waals surface area contributed by atoms with E-state index in [4.69, 9.17) is 0 Å². The topological polar surface area (TPSA) is 23.8 Å². The molecule has 0 spiro atoms. The van der Waals surface area contributed by atoms with Gasteiger partial charge in [0.15, 0.2) is 0 Å². The summed E-state index contributed by atoms with van der Waals surface area (Å²) in [7, 11) is 2.87. The highest BCUT2D eigenvalue weighted by molar-refractivity contribution is 7.27. The first-order chi connectivity index (χ1) is 14.0. The lowest BCUT2D eigenvalue weighted by Gasteiger charge is -2.28. The summed E-state index contributed by atoms with van der Waals surface area (Å²) < 4.78 is 0. The predicted molar refractivity (Wildman–Crippen MR) is 129 cm³/mol. The third kappa shape index (κ3) is 4.44. The molecule has 2 heteroatoms. The van der Waals surface area contributed by atoms with Crippen molar-refractivity contribution in [3.05, 3.63) is 52.1 Å². The second kappa shape index (κ2) is 9.91. The molecule has 0 heterocycles. The second-order valence-corrected chi connectivity index (χ2v) is 9.29. The molecule has 0 radical (unpaired) electrons. The Balaban J connectivity index is 2.00. The average molecular weight is 406 g/mol. The lowest BCUT2D eigenvalue weighted by atomic mass is 9.77. The van der Waals surface area contributed by atoms with Crippen molar-refractivity contribution in [2.24, 2.45) is 5.92 Å². The standard InChI is InChI=1S/C27H36NP/c1-5-8-24-26(18(4)23(7-3)25(17-28)27(24)29)22-15-13-21(14-16-22)20-11-9-19(6-2)10-12-20/h13-16,19-20H,5-12,29H2,1-4H3. The van der Waals surface area contributed by atoms with Crippen molar-refractivity contribution in [1.29, 1.82) is 5.26 Å². The molecule has 1 saturated carbocycles. The maximum absolute atomic E-state index is 9.76. The van der Waals surface area contributed by atoms with E-state index in [1.165, 1.54) is 65.5 Å². The molecule has 1 nitrogen and oxygen atoms in total. The number of benzene rings is 2. The molecule has 0 amide bonds. The van der Waals surface area contributed by atoms with Crippen LogP contribution in [0.1, 0.15) is 93.0 Å². The zero-order valence-electron chi connectivity index (χ0n) is 18.6. The molecule has 1 atom stereocenters. The molecule has 3 rings (SSSR count). The van der Waals surface area contributed by atoms with Gasteiger partial charge in [0.05, 0.1) is 5.56 Å². The van der Waals surface area contributed by atoms with Gasteiger partial charge < -0.3 is 0 Å². The van der Waals surface area contributed by atoms with Crippen molar-refractivity contribution in [2.45, 2.75) is 85.0 Å². The van der Waals surface area contributed by atoms with Crippen molar-refractivity contribution in [2.75, 3.05) is 0 Å². The van der Waals surface area contributed by atoms with Crippen LogP contribution in [-0.2, 0) is 12.8 Å². The predicted octanol–water partition coefficient (Wildman–Crippen LogP) is 7.23. The van der Waals surface area contributed by atoms with Gasteiger partial charge in [0.2, 0.25) is 0 Å². The van der Waals surface area contributed by atoms with Crippen LogP contribution in [0.4, 0.5) is 0 Å². The van der Waals surface area contributed by atoms with E-state index in [0.29, 0.717) is 0 Å². The molecule has 29 heavy (non-hydrogen) atoms. The molecule has 0 N–H and O–H groups in total. The third-order valence-electron chi connectivity index (χ3n) is 7.09. The van der Waals surface area contributed by atoms with Gasteiger partial charge in [-0.2, -0.15) is 5.26 Å². The minimum absolute atomic E-state index is 0.729. The number of rotatable bonds is 6. The van der Waals surface area contributed by atoms with Gasteiger partial charge in [-0.1, -0.05) is 57.9 Å². The first kappa shape index (κ1) is 22.1. The Labute approximate surface area is 180 Å². The molecule has 1 fully saturated rings. The molecule has 0 aromatic heterocycles. The first-order valence-electron chi connectivity index (χ1n) is 11.5. The maximum atomic E-state index is 9.76. The molecular formula is C27H36NP. The van der Waals surface area contributed by atoms with E-state index >= 15 is 0 Å². The van der Waals surface area contributed by atoms with Crippen LogP contribution in [0.15, 0.2) is 24.3 Å². The summed E-state index contributed by atoms with van der Waals surface area (Å²) in [6.45, 7) is 8.92. The lowest BCUT2D eigenvalue weighted by molar-refractivity contribution is 0.319. The smallest absolute Gasteiger partial charge is 0.100 e. The van der Waals surface area contributed by atoms with Gasteiger partial charge in [-0.15, -0.1) is 9.24 Å². The SMILES string of the molecule is CCCc1c(P)c(C#N)c(CC)c(C)c1-c1ccc(C2CCC(CC)CC2)cc1. The van der Waals surface area contributed by atoms with Crippen molar-refractivity contribution in [3.63, 3.8) is 0 Å². The zero-order chi connectivity index (χ0) is 21.0. The maximum Gasteiger partial charge on any atom is 0.100 e. The summed E-state index contributed by atoms with van der Waals surface area (Å²) in [4.78, 5) is 0. The number of nitrogens with zero attached hydrogens (tertiary/aromatic N) is 1. The fourth-order valence-electron chi connectivity index (χ4n) is 5.31. The Morgan fingerprint density at radius 1 is 1.00 bits per heavy atom. The Morgan fingerprint density at radius 3 is 2.17 bits per heavy atom. The van der Waals surface area contributed by atoms with Gasteiger partial charge in [0.1, 0.15) is 6.07 Å². The van der Waals surface area contributed by atoms with Gasteiger partial charge in [-0.3, -0.25) is 0 Å². The fourth-order valence-corrected chi connectivity index (χ4v) is 5.84. The van der Waals surface area contributed by atoms with Crippen LogP contribution in [0.2, 0.25) is 0 Å². The van der Waals surface area contributed by atoms with Crippen LogP contribution in [0, 0.1) is 24.2 Å². The molecule has 154 valence electrons. The highest BCUT2D eigenvalue weighted by Gasteiger charge is 2.22. The molecule has 0 saturated heterocycles. The molecule has 1 aliphatic rings. The summed E-state index contributed by atoms with van der Waals surface area (Å²) in [6, 6.07) is 11.9. The van der Waals surface area contributed by atoms with Crippen LogP contribution in [0.5, 0.6) is 0 Å². The summed E-state index contributed by atoms with van der Waals surface area (Å²) in [6.07, 6.45) is 9.77. The molecule has 0 bridgehead atoms. The largest absolute Gasteiger partial charge is 0.192 e. The van der Waals surface area contributed by atoms with Gasteiger partial charge in [0, 0.05) is 0 Å². The zero-order valence-corrected chi connectivity index (χ0v) is 19.8. The van der Waals surface area contributed by atoms with Crippen LogP contribution in [0.25, 0.3) is 11.1 Å². The highest BCUT2D eigenvalue weighted by Crippen LogP contribution is 2.38. The molecular weight excluding hydrogens is 369 g/mol. The quantitative estimate of drug-likeness (QED) is 0.465. The van der Waals surface area contributed by atoms with Crippen molar-refractivity contribution < 1.29 is 0 Å². The Bertz CT molecular complexity index is 880. The minimum Gasteiger partial charge on any atom is -0.192 e. The summed E-state index contributed by atoms with van der Waals surface area (Å²) in [5.41, 5.74) is 8.86. The Hall–Kier alpha value is -1.64. The van der Waals surface area contributed by atoms with E-state index in [1.807, 2.05) is 0 Å². The van der Waals surface area contributed by atoms with Crippen molar-refractivity contribution in [3.8, 4) is 17.2 Å². The number of nitriles is 1. The normalized spacial score (nSPS) is 19.2. The van der Waals surface area contributed by atoms with Crippen LogP contribution in [-0.4, -0.2) is 0 Å². The number of hydrogen-bond acceptors (Lipinski definition) is 1. The van der Waals surface area contributed by atoms with Crippen LogP contribution >= 0.6 is 9.24 Å². The van der Waals surface area contributed by atoms with E-state index < -0.39 is 0 Å². The summed E-state index contributed by atoms with van der Waals surface area (Å²) in [5, 5.41) is 10.9. The lowest BCUT2D eigenvalue weighted by Crippen LogP contribution is -2.15. The Morgan fingerprint density at radius 2 is 1.66 bits per heavy atom. The van der Waals surface area contributed by atoms with E-state index in [-0.39, 0.29) is 0 Å². The van der Waals surface area contributed by atoms with E-state index in [9.17, 15) is 5.26 Å². The van der Waals surface area contributed by atoms with E-state index in [2.05, 4.69) is 67.3 Å². The minimum atomic E-state index is 0.729. The fraction of sp³-hybridized carbons (Fsp3) is 0.519. The number of hydrogen-bond donors (Lipinski definition) is 0. The molecule has 2 aromatic rings. The van der Waals surface area contributed by atoms with Gasteiger partial charge >= 0.3 is 0 Å². The van der Waals surface area contributed by atoms with Gasteiger partial charge in [-0.05, 0) is 96.0 Å². The summed E-state index contributed by atoms with van der Waals surface area (Å²) in [5.74, 6) is 1.67. The van der Waals surface area contributed by atoms with Crippen molar-refractivity contribution >= 4 is 14.5 Å². The Kier molecular flexibility index (Phi) is 7.54. The van der Waals surface area contributed by atoms with Crippen molar-refractivity contribution in [1.82, 2.24) is 0 Å². The van der Waals surface area contributed by atoms with E-state index in [1.54, 1.807) is 0 Å². The van der Waals surface area contributed by atoms with Gasteiger partial charge in [-0.25, -0.2) is 0 Å². The monoisotopic (exact) mass is 405 g/mol. The average Bonchev–Trinajstić information content (AvgIpc) is 2.76. The molecule has 2 aromatic carbocycles. The first-order valence-corrected chi connectivity index (χ1v) is 12.1.